The summed E-state index contributed by atoms with van der Waals surface area (Å²) >= 11 is 0. The van der Waals surface area contributed by atoms with Gasteiger partial charge in [-0.3, -0.25) is 0 Å². The molecule has 0 saturated heterocycles. The molecule has 3 unspecified atom stereocenters. The number of rotatable bonds is 7. The van der Waals surface area contributed by atoms with E-state index in [9.17, 15) is 30.3 Å². The summed E-state index contributed by atoms with van der Waals surface area (Å²) in [5, 5.41) is 56.4. The topological polar surface area (TPSA) is 127 Å². The van der Waals surface area contributed by atoms with E-state index in [1.54, 1.807) is 13.0 Å². The maximum Gasteiger partial charge on any atom is 0.333 e. The van der Waals surface area contributed by atoms with Crippen molar-refractivity contribution in [3.05, 3.63) is 24.3 Å². The summed E-state index contributed by atoms with van der Waals surface area (Å²) in [6.07, 6.45) is 5.80. The fourth-order valence-electron chi connectivity index (χ4n) is 11.1. The van der Waals surface area contributed by atoms with Crippen LogP contribution in [0.15, 0.2) is 24.3 Å². The highest BCUT2D eigenvalue weighted by molar-refractivity contribution is 5.87. The standard InChI is InChI=1S/C36H60O7/c1-10-12-25-33(7)15-14-26(38)34(8,21-43-30(42)22(3)11-2)24(33)13-16-35(25,9)32(6)18-23-17-31(4,5)28(40)29(41)36(23,20-37)27(39)19-32/h10-11,23-29,37-41H,1,12-21H2,2-9H3/b22-11+/t23?,24?,25?,26-,27+,28-,29-,32-,33-,34+,35+,36-/m0/s1. The number of allylic oxidation sites excluding steroid dienone is 2. The number of carbonyl (C=O) groups excluding carboxylic acids is 1. The van der Waals surface area contributed by atoms with E-state index in [0.29, 0.717) is 24.8 Å². The quantitative estimate of drug-likeness (QED) is 0.154. The average Bonchev–Trinajstić information content (AvgIpc) is 2.94. The lowest BCUT2D eigenvalue weighted by atomic mass is 9.35. The lowest BCUT2D eigenvalue weighted by Gasteiger charge is -2.70. The Bertz CT molecular complexity index is 1100. The van der Waals surface area contributed by atoms with Crippen molar-refractivity contribution >= 4 is 5.97 Å². The predicted octanol–water partition coefficient (Wildman–Crippen LogP) is 5.18. The minimum atomic E-state index is -1.20. The molecule has 0 aliphatic heterocycles. The summed E-state index contributed by atoms with van der Waals surface area (Å²) in [5.41, 5.74) is -2.41. The van der Waals surface area contributed by atoms with E-state index in [4.69, 9.17) is 4.74 Å². The third-order valence-electron chi connectivity index (χ3n) is 14.3. The van der Waals surface area contributed by atoms with Crippen molar-refractivity contribution in [1.29, 1.82) is 0 Å². The zero-order valence-corrected chi connectivity index (χ0v) is 28.0. The van der Waals surface area contributed by atoms with Crippen LogP contribution in [0.5, 0.6) is 0 Å². The highest BCUT2D eigenvalue weighted by Gasteiger charge is 2.70. The van der Waals surface area contributed by atoms with E-state index in [0.717, 1.165) is 32.1 Å². The fraction of sp³-hybridized carbons (Fsp3) is 0.861. The normalized spacial score (nSPS) is 49.9. The van der Waals surface area contributed by atoms with Gasteiger partial charge in [-0.1, -0.05) is 53.7 Å². The number of hydrogen-bond donors (Lipinski definition) is 5. The molecule has 0 heterocycles. The SMILES string of the molecule is C=CCC1[C@@]2(C)CC[C@H](O)[C@](C)(COC(=O)/C(C)=C/C)C2CC[C@@]1(C)[C@@]1(C)CC2CC(C)(C)[C@@H](O)[C@H](O)[C@]2(CO)[C@H](O)C1. The molecule has 5 N–H and O–H groups in total. The van der Waals surface area contributed by atoms with Crippen molar-refractivity contribution < 1.29 is 35.1 Å². The molecule has 0 aromatic rings. The van der Waals surface area contributed by atoms with Crippen LogP contribution >= 0.6 is 0 Å². The Hall–Kier alpha value is -1.25. The molecule has 4 fully saturated rings. The molecule has 0 aromatic heterocycles. The van der Waals surface area contributed by atoms with Crippen LogP contribution < -0.4 is 0 Å². The van der Waals surface area contributed by atoms with Gasteiger partial charge in [0, 0.05) is 11.0 Å². The van der Waals surface area contributed by atoms with Gasteiger partial charge in [0.2, 0.25) is 0 Å². The van der Waals surface area contributed by atoms with Crippen LogP contribution in [0.1, 0.15) is 107 Å². The highest BCUT2D eigenvalue weighted by Crippen LogP contribution is 2.72. The summed E-state index contributed by atoms with van der Waals surface area (Å²) in [7, 11) is 0. The van der Waals surface area contributed by atoms with E-state index >= 15 is 0 Å². The summed E-state index contributed by atoms with van der Waals surface area (Å²) in [5.74, 6) is -0.175. The molecule has 43 heavy (non-hydrogen) atoms. The van der Waals surface area contributed by atoms with E-state index in [1.807, 2.05) is 26.8 Å². The Balaban J connectivity index is 1.73. The van der Waals surface area contributed by atoms with Crippen LogP contribution in [0.2, 0.25) is 0 Å². The Morgan fingerprint density at radius 3 is 2.16 bits per heavy atom. The summed E-state index contributed by atoms with van der Waals surface area (Å²) in [6.45, 7) is 20.6. The number of aliphatic hydroxyl groups is 5. The van der Waals surface area contributed by atoms with Crippen molar-refractivity contribution in [3.63, 3.8) is 0 Å². The van der Waals surface area contributed by atoms with Gasteiger partial charge in [0.1, 0.15) is 0 Å². The Labute approximate surface area is 259 Å². The number of carbonyl (C=O) groups is 1. The van der Waals surface area contributed by atoms with Gasteiger partial charge in [-0.05, 0) is 105 Å². The van der Waals surface area contributed by atoms with Gasteiger partial charge >= 0.3 is 5.97 Å². The highest BCUT2D eigenvalue weighted by atomic mass is 16.5. The van der Waals surface area contributed by atoms with Gasteiger partial charge in [0.25, 0.3) is 0 Å². The number of hydrogen-bond acceptors (Lipinski definition) is 7. The molecule has 7 nitrogen and oxygen atoms in total. The van der Waals surface area contributed by atoms with E-state index in [1.165, 1.54) is 0 Å². The van der Waals surface area contributed by atoms with Crippen molar-refractivity contribution in [1.82, 2.24) is 0 Å². The van der Waals surface area contributed by atoms with E-state index in [2.05, 4.69) is 34.3 Å². The molecule has 0 spiro atoms. The molecule has 12 atom stereocenters. The summed E-state index contributed by atoms with van der Waals surface area (Å²) in [6, 6.07) is 0. The van der Waals surface area contributed by atoms with Crippen LogP contribution in [0, 0.1) is 50.2 Å². The van der Waals surface area contributed by atoms with Crippen molar-refractivity contribution in [3.8, 4) is 0 Å². The van der Waals surface area contributed by atoms with Gasteiger partial charge in [-0.15, -0.1) is 6.58 Å². The van der Waals surface area contributed by atoms with Crippen LogP contribution in [0.3, 0.4) is 0 Å². The van der Waals surface area contributed by atoms with Gasteiger partial charge < -0.3 is 30.3 Å². The van der Waals surface area contributed by atoms with Crippen LogP contribution in [-0.2, 0) is 9.53 Å². The number of esters is 1. The Morgan fingerprint density at radius 2 is 1.58 bits per heavy atom. The van der Waals surface area contributed by atoms with Crippen molar-refractivity contribution in [2.75, 3.05) is 13.2 Å². The number of ether oxygens (including phenoxy) is 1. The van der Waals surface area contributed by atoms with E-state index in [-0.39, 0.29) is 53.2 Å². The molecule has 7 heteroatoms. The zero-order chi connectivity index (χ0) is 32.4. The minimum Gasteiger partial charge on any atom is -0.462 e. The molecule has 4 aliphatic rings. The second kappa shape index (κ2) is 11.5. The minimum absolute atomic E-state index is 0.125. The maximum atomic E-state index is 12.6. The third kappa shape index (κ3) is 4.99. The van der Waals surface area contributed by atoms with Gasteiger partial charge in [-0.2, -0.15) is 0 Å². The lowest BCUT2D eigenvalue weighted by molar-refractivity contribution is -0.275. The van der Waals surface area contributed by atoms with E-state index < -0.39 is 40.7 Å². The molecule has 0 radical (unpaired) electrons. The smallest absolute Gasteiger partial charge is 0.333 e. The first-order valence-corrected chi connectivity index (χ1v) is 16.6. The maximum absolute atomic E-state index is 12.6. The number of aliphatic hydroxyl groups excluding tert-OH is 5. The monoisotopic (exact) mass is 604 g/mol. The van der Waals surface area contributed by atoms with Crippen molar-refractivity contribution in [2.45, 2.75) is 131 Å². The van der Waals surface area contributed by atoms with Gasteiger partial charge in [0.15, 0.2) is 0 Å². The zero-order valence-electron chi connectivity index (χ0n) is 28.0. The summed E-state index contributed by atoms with van der Waals surface area (Å²) < 4.78 is 5.83. The first-order chi connectivity index (χ1) is 19.8. The van der Waals surface area contributed by atoms with Crippen LogP contribution in [-0.4, -0.2) is 69.1 Å². The van der Waals surface area contributed by atoms with Crippen LogP contribution in [0.25, 0.3) is 0 Å². The molecular formula is C36H60O7. The predicted molar refractivity (Wildman–Crippen MR) is 168 cm³/mol. The van der Waals surface area contributed by atoms with Crippen LogP contribution in [0.4, 0.5) is 0 Å². The average molecular weight is 605 g/mol. The molecule has 0 amide bonds. The summed E-state index contributed by atoms with van der Waals surface area (Å²) in [4.78, 5) is 12.6. The molecule has 0 aromatic carbocycles. The number of fused-ring (bicyclic) bond motifs is 2. The second-order valence-electron chi connectivity index (χ2n) is 16.7. The molecule has 4 aliphatic carbocycles. The lowest BCUT2D eigenvalue weighted by Crippen LogP contribution is -2.70. The molecular weight excluding hydrogens is 544 g/mol. The van der Waals surface area contributed by atoms with Crippen molar-refractivity contribution in [2.24, 2.45) is 50.2 Å². The molecule has 246 valence electrons. The Kier molecular flexibility index (Phi) is 9.28. The second-order valence-corrected chi connectivity index (χ2v) is 16.7. The van der Waals surface area contributed by atoms with Gasteiger partial charge in [-0.25, -0.2) is 4.79 Å². The third-order valence-corrected chi connectivity index (χ3v) is 14.3. The fourth-order valence-corrected chi connectivity index (χ4v) is 11.1. The largest absolute Gasteiger partial charge is 0.462 e. The van der Waals surface area contributed by atoms with Gasteiger partial charge in [0.05, 0.1) is 43.0 Å². The molecule has 4 rings (SSSR count). The molecule has 0 bridgehead atoms. The first-order valence-electron chi connectivity index (χ1n) is 16.6. The molecule has 4 saturated carbocycles. The Morgan fingerprint density at radius 1 is 0.930 bits per heavy atom. The first kappa shape index (κ1) is 34.6.